The van der Waals surface area contributed by atoms with Crippen LogP contribution in [0.25, 0.3) is 16.9 Å². The number of aliphatic carboxylic acids is 4. The SMILES string of the molecule is COc1cccc(OC)c1-c1cc(C(=O)NC2(C(=O)O)C3C=C4CC(C3)CC2C4)nn1-c1ccc(C(=O)N(CCCNC(=O)CN2CCN(CC(=O)O)CCN(CC(=O)O)CCN(CC(=O)O)CC2)CCCN(C)C)cc1C(C)C. The van der Waals surface area contributed by atoms with E-state index in [1.54, 1.807) is 60.7 Å². The summed E-state index contributed by atoms with van der Waals surface area (Å²) >= 11 is 0. The number of nitrogens with zero attached hydrogens (tertiary/aromatic N) is 8. The minimum absolute atomic E-state index is 0.000125. The van der Waals surface area contributed by atoms with Crippen molar-refractivity contribution in [1.82, 2.24) is 49.8 Å². The highest BCUT2D eigenvalue weighted by Crippen LogP contribution is 2.55. The predicted octanol–water partition coefficient (Wildman–Crippen LogP) is 2.98. The first-order chi connectivity index (χ1) is 38.2. The molecule has 4 bridgehead atoms. The van der Waals surface area contributed by atoms with Gasteiger partial charge in [0.2, 0.25) is 5.91 Å². The predicted molar refractivity (Wildman–Crippen MR) is 296 cm³/mol. The number of nitrogens with one attached hydrogen (secondary N) is 2. The van der Waals surface area contributed by atoms with E-state index in [2.05, 4.69) is 16.7 Å². The lowest BCUT2D eigenvalue weighted by molar-refractivity contribution is -0.153. The molecule has 2 heterocycles. The van der Waals surface area contributed by atoms with Crippen LogP contribution in [0.3, 0.4) is 0 Å². The molecule has 0 spiro atoms. The van der Waals surface area contributed by atoms with E-state index in [1.807, 2.05) is 43.8 Å². The molecule has 3 fully saturated rings. The molecule has 6 N–H and O–H groups in total. The second-order valence-corrected chi connectivity index (χ2v) is 22.2. The van der Waals surface area contributed by atoms with Crippen molar-refractivity contribution in [1.29, 1.82) is 0 Å². The van der Waals surface area contributed by atoms with Gasteiger partial charge in [0.25, 0.3) is 11.8 Å². The lowest BCUT2D eigenvalue weighted by Gasteiger charge is -2.55. The van der Waals surface area contributed by atoms with Crippen LogP contribution in [0.15, 0.2) is 54.1 Å². The third-order valence-corrected chi connectivity index (χ3v) is 16.0. The number of carboxylic acids is 4. The third-order valence-electron chi connectivity index (χ3n) is 16.0. The molecule has 23 nitrogen and oxygen atoms in total. The number of amides is 3. The largest absolute Gasteiger partial charge is 0.496 e. The number of carbonyl (C=O) groups is 7. The smallest absolute Gasteiger partial charge is 0.330 e. The summed E-state index contributed by atoms with van der Waals surface area (Å²) in [6.07, 6.45) is 6.18. The Balaban J connectivity index is 1.09. The standard InChI is InChI=1S/C57H80N10O13/c1-37(2)43-31-40(12-13-45(43)67-46(53-47(79-5)10-7-11-48(53)80-6)32-44(60-67)54(75)59-57(56(77)78)41-27-38-26-39(29-41)30-42(57)28-38)55(76)66(17-9-15-61(3)4)16-8-14-58-49(68)33-62-18-20-63(34-50(69)70)22-24-65(36-52(73)74)25-23-64(21-19-62)35-51(71)72/h7,10-13,27,31-32,37,39,41-42H,8-9,14-26,28-30,33-36H2,1-6H3,(H,58,68)(H,59,75)(H,69,70)(H,71,72)(H,73,74)(H,77,78). The van der Waals surface area contributed by atoms with Crippen molar-refractivity contribution in [3.05, 3.63) is 70.9 Å². The first-order valence-corrected chi connectivity index (χ1v) is 27.7. The molecule has 1 aliphatic heterocycles. The molecule has 2 saturated carbocycles. The zero-order valence-corrected chi connectivity index (χ0v) is 47.0. The second kappa shape index (κ2) is 27.5. The van der Waals surface area contributed by atoms with Gasteiger partial charge in [-0.3, -0.25) is 48.4 Å². The first kappa shape index (κ1) is 60.7. The van der Waals surface area contributed by atoms with Crippen molar-refractivity contribution in [3.63, 3.8) is 0 Å². The summed E-state index contributed by atoms with van der Waals surface area (Å²) in [5.41, 5.74) is 2.50. The van der Waals surface area contributed by atoms with Gasteiger partial charge in [0.05, 0.1) is 57.3 Å². The van der Waals surface area contributed by atoms with Crippen LogP contribution in [0.4, 0.5) is 0 Å². The number of allylic oxidation sites excluding steroid dienone is 1. The Kier molecular flexibility index (Phi) is 20.9. The number of methoxy groups -OCH3 is 2. The van der Waals surface area contributed by atoms with Crippen LogP contribution >= 0.6 is 0 Å². The fraction of sp³-hybridized carbons (Fsp3) is 0.579. The topological polar surface area (TPSA) is 280 Å². The molecule has 5 aliphatic rings. The van der Waals surface area contributed by atoms with E-state index in [-0.39, 0.29) is 107 Å². The molecule has 436 valence electrons. The molecule has 4 atom stereocenters. The monoisotopic (exact) mass is 1110 g/mol. The molecule has 4 unspecified atom stereocenters. The Morgan fingerprint density at radius 1 is 0.725 bits per heavy atom. The first-order valence-electron chi connectivity index (χ1n) is 27.7. The number of carbonyl (C=O) groups excluding carboxylic acids is 3. The van der Waals surface area contributed by atoms with Crippen molar-refractivity contribution in [2.75, 3.05) is 133 Å². The molecule has 3 amide bonds. The van der Waals surface area contributed by atoms with E-state index in [9.17, 15) is 54.0 Å². The molecule has 23 heteroatoms. The number of carboxylic acid groups (broad SMARTS) is 4. The fourth-order valence-electron chi connectivity index (χ4n) is 12.1. The van der Waals surface area contributed by atoms with E-state index in [4.69, 9.17) is 14.6 Å². The maximum Gasteiger partial charge on any atom is 0.330 e. The summed E-state index contributed by atoms with van der Waals surface area (Å²) in [6, 6.07) is 12.3. The van der Waals surface area contributed by atoms with Gasteiger partial charge >= 0.3 is 23.9 Å². The van der Waals surface area contributed by atoms with Crippen LogP contribution in [-0.4, -0.2) is 240 Å². The van der Waals surface area contributed by atoms with Gasteiger partial charge in [-0.15, -0.1) is 0 Å². The molecule has 2 aromatic carbocycles. The van der Waals surface area contributed by atoms with Gasteiger partial charge in [-0.05, 0) is 119 Å². The molecular formula is C57H80N10O13. The van der Waals surface area contributed by atoms with Crippen molar-refractivity contribution >= 4 is 41.6 Å². The molecule has 4 aliphatic carbocycles. The summed E-state index contributed by atoms with van der Waals surface area (Å²) in [6.45, 7) is 7.01. The third kappa shape index (κ3) is 15.1. The minimum atomic E-state index is -1.48. The van der Waals surface area contributed by atoms with Crippen molar-refractivity contribution in [2.24, 2.45) is 17.8 Å². The Morgan fingerprint density at radius 3 is 1.79 bits per heavy atom. The zero-order chi connectivity index (χ0) is 57.8. The summed E-state index contributed by atoms with van der Waals surface area (Å²) in [4.78, 5) is 102. The Labute approximate surface area is 467 Å². The van der Waals surface area contributed by atoms with Crippen molar-refractivity contribution in [3.8, 4) is 28.4 Å². The molecule has 8 rings (SSSR count). The summed E-state index contributed by atoms with van der Waals surface area (Å²) in [5, 5.41) is 50.6. The summed E-state index contributed by atoms with van der Waals surface area (Å²) in [5.74, 6) is -4.75. The highest BCUT2D eigenvalue weighted by molar-refractivity contribution is 5.99. The molecule has 1 aromatic heterocycles. The molecule has 3 aromatic rings. The van der Waals surface area contributed by atoms with Crippen LogP contribution < -0.4 is 20.1 Å². The second-order valence-electron chi connectivity index (χ2n) is 22.2. The van der Waals surface area contributed by atoms with Gasteiger partial charge in [-0.25, -0.2) is 9.48 Å². The van der Waals surface area contributed by atoms with Gasteiger partial charge in [-0.1, -0.05) is 31.6 Å². The highest BCUT2D eigenvalue weighted by Gasteiger charge is 2.60. The number of benzene rings is 2. The van der Waals surface area contributed by atoms with E-state index in [1.165, 1.54) is 19.8 Å². The number of aromatic nitrogens is 2. The van der Waals surface area contributed by atoms with E-state index >= 15 is 0 Å². The van der Waals surface area contributed by atoms with Gasteiger partial charge in [0, 0.05) is 83.5 Å². The number of ether oxygens (including phenoxy) is 2. The number of hydrogen-bond acceptors (Lipinski definition) is 15. The van der Waals surface area contributed by atoms with Gasteiger partial charge in [-0.2, -0.15) is 5.10 Å². The lowest BCUT2D eigenvalue weighted by Crippen LogP contribution is -2.68. The van der Waals surface area contributed by atoms with Crippen molar-refractivity contribution in [2.45, 2.75) is 63.8 Å². The van der Waals surface area contributed by atoms with Gasteiger partial charge in [0.1, 0.15) is 17.0 Å². The Bertz CT molecular complexity index is 2710. The minimum Gasteiger partial charge on any atom is -0.496 e. The summed E-state index contributed by atoms with van der Waals surface area (Å²) < 4.78 is 13.3. The van der Waals surface area contributed by atoms with E-state index in [0.717, 1.165) is 24.9 Å². The average molecular weight is 1110 g/mol. The van der Waals surface area contributed by atoms with Crippen LogP contribution in [0.2, 0.25) is 0 Å². The zero-order valence-electron chi connectivity index (χ0n) is 47.0. The van der Waals surface area contributed by atoms with E-state index < -0.39 is 35.3 Å². The lowest BCUT2D eigenvalue weighted by atomic mass is 9.52. The average Bonchev–Trinajstić information content (AvgIpc) is 3.83. The molecule has 80 heavy (non-hydrogen) atoms. The highest BCUT2D eigenvalue weighted by atomic mass is 16.5. The van der Waals surface area contributed by atoms with Crippen LogP contribution in [0.1, 0.15) is 84.7 Å². The van der Waals surface area contributed by atoms with Crippen LogP contribution in [0.5, 0.6) is 11.5 Å². The number of rotatable bonds is 25. The van der Waals surface area contributed by atoms with Gasteiger partial charge in [0.15, 0.2) is 5.69 Å². The van der Waals surface area contributed by atoms with Crippen LogP contribution in [0, 0.1) is 17.8 Å². The normalized spacial score (nSPS) is 21.1. The van der Waals surface area contributed by atoms with Crippen molar-refractivity contribution < 1.29 is 63.5 Å². The summed E-state index contributed by atoms with van der Waals surface area (Å²) in [7, 11) is 6.99. The molecule has 1 saturated heterocycles. The van der Waals surface area contributed by atoms with E-state index in [0.29, 0.717) is 91.8 Å². The molecule has 0 radical (unpaired) electrons. The van der Waals surface area contributed by atoms with Crippen LogP contribution in [-0.2, 0) is 24.0 Å². The molecular weight excluding hydrogens is 1030 g/mol. The Morgan fingerprint density at radius 2 is 1.29 bits per heavy atom. The maximum absolute atomic E-state index is 14.7. The maximum atomic E-state index is 14.7. The number of hydrogen-bond donors (Lipinski definition) is 6. The van der Waals surface area contributed by atoms with Gasteiger partial charge < -0.3 is 50.3 Å². The Hall–Kier alpha value is -6.92. The quantitative estimate of drug-likeness (QED) is 0.0525. The fourth-order valence-corrected chi connectivity index (χ4v) is 12.1.